The monoisotopic (exact) mass is 421 g/mol. The average molecular weight is 422 g/mol. The van der Waals surface area contributed by atoms with Gasteiger partial charge in [0.2, 0.25) is 11.7 Å². The minimum atomic E-state index is -0.122. The number of carbonyl (C=O) groups excluding carboxylic acids is 1. The topological polar surface area (TPSA) is 77.1 Å². The number of aryl methyl sites for hydroxylation is 1. The number of benzene rings is 2. The van der Waals surface area contributed by atoms with Crippen molar-refractivity contribution in [1.82, 2.24) is 24.6 Å². The summed E-state index contributed by atoms with van der Waals surface area (Å²) in [5.74, 6) is 1.62. The Kier molecular flexibility index (Phi) is 5.63. The summed E-state index contributed by atoms with van der Waals surface area (Å²) in [5, 5.41) is 4.57. The molecule has 0 radical (unpaired) electrons. The first-order valence-corrected chi connectivity index (χ1v) is 9.78. The second-order valence-corrected chi connectivity index (χ2v) is 7.42. The minimum Gasteiger partial charge on any atom is -0.337 e. The van der Waals surface area contributed by atoms with Gasteiger partial charge in [-0.3, -0.25) is 4.79 Å². The summed E-state index contributed by atoms with van der Waals surface area (Å²) in [4.78, 5) is 22.9. The van der Waals surface area contributed by atoms with Crippen LogP contribution >= 0.6 is 11.6 Å². The second kappa shape index (κ2) is 8.51. The highest BCUT2D eigenvalue weighted by Crippen LogP contribution is 2.20. The molecular formula is C22H20ClN5O2. The van der Waals surface area contributed by atoms with Crippen LogP contribution in [0.4, 0.5) is 0 Å². The minimum absolute atomic E-state index is 0.122. The van der Waals surface area contributed by atoms with Crippen LogP contribution in [-0.2, 0) is 13.1 Å². The maximum Gasteiger partial charge on any atom is 0.254 e. The van der Waals surface area contributed by atoms with Crippen LogP contribution in [0.3, 0.4) is 0 Å². The van der Waals surface area contributed by atoms with Gasteiger partial charge in [-0.1, -0.05) is 41.0 Å². The molecule has 0 aliphatic carbocycles. The molecule has 152 valence electrons. The van der Waals surface area contributed by atoms with Gasteiger partial charge >= 0.3 is 0 Å². The fourth-order valence-corrected chi connectivity index (χ4v) is 3.27. The van der Waals surface area contributed by atoms with Gasteiger partial charge in [0.1, 0.15) is 5.82 Å². The third kappa shape index (κ3) is 4.41. The van der Waals surface area contributed by atoms with Crippen molar-refractivity contribution in [3.05, 3.63) is 88.8 Å². The largest absolute Gasteiger partial charge is 0.337 e. The lowest BCUT2D eigenvalue weighted by Crippen LogP contribution is -2.26. The molecule has 0 atom stereocenters. The summed E-state index contributed by atoms with van der Waals surface area (Å²) < 4.78 is 7.35. The van der Waals surface area contributed by atoms with E-state index in [2.05, 4.69) is 19.7 Å². The van der Waals surface area contributed by atoms with E-state index < -0.39 is 0 Å². The molecule has 2 aromatic heterocycles. The molecule has 30 heavy (non-hydrogen) atoms. The lowest BCUT2D eigenvalue weighted by atomic mass is 10.1. The van der Waals surface area contributed by atoms with Crippen LogP contribution in [0.5, 0.6) is 0 Å². The molecule has 7 nitrogen and oxygen atoms in total. The van der Waals surface area contributed by atoms with Gasteiger partial charge in [-0.2, -0.15) is 4.98 Å². The fraction of sp³-hybridized carbons (Fsp3) is 0.182. The molecular weight excluding hydrogens is 402 g/mol. The summed E-state index contributed by atoms with van der Waals surface area (Å²) in [6, 6.07) is 14.8. The first-order valence-electron chi connectivity index (χ1n) is 9.40. The van der Waals surface area contributed by atoms with Crippen molar-refractivity contribution in [1.29, 1.82) is 0 Å². The normalized spacial score (nSPS) is 10.9. The summed E-state index contributed by atoms with van der Waals surface area (Å²) in [6.45, 7) is 2.88. The maximum atomic E-state index is 12.8. The Morgan fingerprint density at radius 3 is 2.70 bits per heavy atom. The Morgan fingerprint density at radius 1 is 1.20 bits per heavy atom. The molecule has 4 aromatic rings. The average Bonchev–Trinajstić information content (AvgIpc) is 3.37. The molecule has 1 amide bonds. The van der Waals surface area contributed by atoms with Crippen LogP contribution < -0.4 is 0 Å². The van der Waals surface area contributed by atoms with Crippen molar-refractivity contribution in [2.75, 3.05) is 7.05 Å². The van der Waals surface area contributed by atoms with Gasteiger partial charge in [-0.25, -0.2) is 4.98 Å². The fourth-order valence-electron chi connectivity index (χ4n) is 3.08. The van der Waals surface area contributed by atoms with E-state index in [1.54, 1.807) is 30.3 Å². The lowest BCUT2D eigenvalue weighted by Gasteiger charge is -2.15. The molecule has 8 heteroatoms. The zero-order chi connectivity index (χ0) is 21.1. The number of hydrogen-bond donors (Lipinski definition) is 0. The quantitative estimate of drug-likeness (QED) is 0.466. The predicted octanol–water partition coefficient (Wildman–Crippen LogP) is 4.22. The number of aromatic nitrogens is 4. The number of imidazole rings is 1. The molecule has 0 aliphatic rings. The van der Waals surface area contributed by atoms with Gasteiger partial charge in [0, 0.05) is 42.1 Å². The predicted molar refractivity (Wildman–Crippen MR) is 113 cm³/mol. The van der Waals surface area contributed by atoms with Crippen molar-refractivity contribution in [3.8, 4) is 11.4 Å². The van der Waals surface area contributed by atoms with Crippen molar-refractivity contribution in [2.24, 2.45) is 0 Å². The molecule has 0 N–H and O–H groups in total. The Labute approximate surface area is 178 Å². The number of hydrogen-bond acceptors (Lipinski definition) is 5. The summed E-state index contributed by atoms with van der Waals surface area (Å²) in [7, 11) is 1.70. The van der Waals surface area contributed by atoms with E-state index in [-0.39, 0.29) is 12.5 Å². The van der Waals surface area contributed by atoms with E-state index in [1.165, 1.54) is 0 Å². The zero-order valence-electron chi connectivity index (χ0n) is 16.6. The molecule has 4 rings (SSSR count). The van der Waals surface area contributed by atoms with E-state index in [0.717, 1.165) is 17.0 Å². The van der Waals surface area contributed by atoms with Crippen molar-refractivity contribution in [2.45, 2.75) is 20.0 Å². The van der Waals surface area contributed by atoms with Crippen LogP contribution in [0.15, 0.2) is 65.4 Å². The number of amides is 1. The van der Waals surface area contributed by atoms with Gasteiger partial charge in [0.15, 0.2) is 0 Å². The summed E-state index contributed by atoms with van der Waals surface area (Å²) in [5.41, 5.74) is 2.45. The summed E-state index contributed by atoms with van der Waals surface area (Å²) >= 11 is 6.01. The zero-order valence-corrected chi connectivity index (χ0v) is 17.4. The number of carbonyl (C=O) groups is 1. The third-order valence-electron chi connectivity index (χ3n) is 4.75. The number of nitrogens with zero attached hydrogens (tertiary/aromatic N) is 5. The standard InChI is InChI=1S/C22H20ClN5O2/c1-15-24-10-11-28(15)13-16-6-8-17(9-7-16)22(29)27(2)14-20-25-21(26-30-20)18-4-3-5-19(23)12-18/h3-12H,13-14H2,1-2H3. The third-order valence-corrected chi connectivity index (χ3v) is 4.98. The first-order chi connectivity index (χ1) is 14.5. The number of rotatable bonds is 6. The second-order valence-electron chi connectivity index (χ2n) is 6.98. The van der Waals surface area contributed by atoms with Gasteiger partial charge in [0.25, 0.3) is 5.91 Å². The van der Waals surface area contributed by atoms with E-state index in [1.807, 2.05) is 49.5 Å². The van der Waals surface area contributed by atoms with Crippen molar-refractivity contribution >= 4 is 17.5 Å². The molecule has 0 spiro atoms. The Bertz CT molecular complexity index is 1170. The first kappa shape index (κ1) is 19.8. The highest BCUT2D eigenvalue weighted by atomic mass is 35.5. The highest BCUT2D eigenvalue weighted by Gasteiger charge is 2.16. The molecule has 0 fully saturated rings. The molecule has 0 unspecified atom stereocenters. The Balaban J connectivity index is 1.41. The highest BCUT2D eigenvalue weighted by molar-refractivity contribution is 6.30. The lowest BCUT2D eigenvalue weighted by molar-refractivity contribution is 0.0769. The van der Waals surface area contributed by atoms with Crippen LogP contribution in [0.1, 0.15) is 27.6 Å². The smallest absolute Gasteiger partial charge is 0.254 e. The van der Waals surface area contributed by atoms with E-state index >= 15 is 0 Å². The van der Waals surface area contributed by atoms with Gasteiger partial charge in [-0.15, -0.1) is 0 Å². The van der Waals surface area contributed by atoms with Crippen LogP contribution in [0, 0.1) is 6.92 Å². The van der Waals surface area contributed by atoms with Crippen molar-refractivity contribution < 1.29 is 9.32 Å². The maximum absolute atomic E-state index is 12.8. The van der Waals surface area contributed by atoms with Crippen LogP contribution in [0.2, 0.25) is 5.02 Å². The molecule has 0 saturated carbocycles. The van der Waals surface area contributed by atoms with Gasteiger partial charge in [-0.05, 0) is 36.8 Å². The SMILES string of the molecule is Cc1nccn1Cc1ccc(C(=O)N(C)Cc2nc(-c3cccc(Cl)c3)no2)cc1. The van der Waals surface area contributed by atoms with Gasteiger partial charge < -0.3 is 14.0 Å². The Hall–Kier alpha value is -3.45. The van der Waals surface area contributed by atoms with Crippen LogP contribution in [-0.4, -0.2) is 37.5 Å². The molecule has 0 aliphatic heterocycles. The Morgan fingerprint density at radius 2 is 2.00 bits per heavy atom. The molecule has 0 saturated heterocycles. The van der Waals surface area contributed by atoms with E-state index in [9.17, 15) is 4.79 Å². The van der Waals surface area contributed by atoms with Gasteiger partial charge in [0.05, 0.1) is 6.54 Å². The molecule has 0 bridgehead atoms. The van der Waals surface area contributed by atoms with E-state index in [4.69, 9.17) is 16.1 Å². The van der Waals surface area contributed by atoms with E-state index in [0.29, 0.717) is 28.8 Å². The number of halogens is 1. The molecule has 2 heterocycles. The molecule has 2 aromatic carbocycles. The summed E-state index contributed by atoms with van der Waals surface area (Å²) in [6.07, 6.45) is 3.71. The van der Waals surface area contributed by atoms with Crippen LogP contribution in [0.25, 0.3) is 11.4 Å². The van der Waals surface area contributed by atoms with Crippen molar-refractivity contribution in [3.63, 3.8) is 0 Å².